The standard InChI is InChI=1S/C24H24F3N7O5S/c1-23(2,3)39-22(36)33(20-28-8-6-18(32-20)24(25,26)27)14-9-13(10-15(11-14)34(37)38)17-12-30-19(40-17)16-5-4-7-29-21(35)31-16/h6,8-12,16H,4-5,7H2,1-3H3,(H2,29,31,35). The molecule has 4 rings (SSSR count). The number of anilines is 2. The number of amides is 3. The van der Waals surface area contributed by atoms with Gasteiger partial charge in [-0.3, -0.25) is 10.1 Å². The summed E-state index contributed by atoms with van der Waals surface area (Å²) in [6.07, 6.45) is -2.37. The van der Waals surface area contributed by atoms with Gasteiger partial charge in [-0.1, -0.05) is 0 Å². The number of thiazole rings is 1. The first kappa shape index (κ1) is 28.7. The molecule has 3 amide bonds. The van der Waals surface area contributed by atoms with Crippen molar-refractivity contribution in [2.24, 2.45) is 0 Å². The van der Waals surface area contributed by atoms with Crippen LogP contribution in [0.5, 0.6) is 0 Å². The summed E-state index contributed by atoms with van der Waals surface area (Å²) in [5.41, 5.74) is -2.77. The predicted octanol–water partition coefficient (Wildman–Crippen LogP) is 5.73. The summed E-state index contributed by atoms with van der Waals surface area (Å²) in [6, 6.07) is 3.54. The van der Waals surface area contributed by atoms with Gasteiger partial charge in [-0.15, -0.1) is 11.3 Å². The van der Waals surface area contributed by atoms with Crippen LogP contribution in [-0.4, -0.2) is 44.1 Å². The number of alkyl halides is 3. The molecule has 2 N–H and O–H groups in total. The number of nitro benzene ring substituents is 1. The quantitative estimate of drug-likeness (QED) is 0.287. The highest BCUT2D eigenvalue weighted by atomic mass is 32.1. The molecule has 212 valence electrons. The number of non-ortho nitro benzene ring substituents is 1. The summed E-state index contributed by atoms with van der Waals surface area (Å²) in [5.74, 6) is -0.686. The van der Waals surface area contributed by atoms with Crippen LogP contribution in [0.3, 0.4) is 0 Å². The van der Waals surface area contributed by atoms with Gasteiger partial charge in [0, 0.05) is 36.6 Å². The molecule has 3 aromatic rings. The molecule has 1 aliphatic heterocycles. The van der Waals surface area contributed by atoms with E-state index in [1.807, 2.05) is 0 Å². The van der Waals surface area contributed by atoms with Crippen LogP contribution in [0.2, 0.25) is 0 Å². The number of ether oxygens (including phenoxy) is 1. The first-order valence-electron chi connectivity index (χ1n) is 11.9. The Morgan fingerprint density at radius 1 is 1.23 bits per heavy atom. The Bertz CT molecular complexity index is 1440. The highest BCUT2D eigenvalue weighted by molar-refractivity contribution is 7.15. The van der Waals surface area contributed by atoms with E-state index < -0.39 is 40.1 Å². The molecule has 3 heterocycles. The van der Waals surface area contributed by atoms with Crippen LogP contribution >= 0.6 is 11.3 Å². The molecule has 1 saturated heterocycles. The molecule has 16 heteroatoms. The molecule has 1 aliphatic rings. The van der Waals surface area contributed by atoms with Gasteiger partial charge in [0.15, 0.2) is 0 Å². The molecule has 1 unspecified atom stereocenters. The van der Waals surface area contributed by atoms with E-state index >= 15 is 0 Å². The third-order valence-electron chi connectivity index (χ3n) is 5.45. The molecule has 0 spiro atoms. The number of halogens is 3. The van der Waals surface area contributed by atoms with E-state index in [0.29, 0.717) is 40.2 Å². The van der Waals surface area contributed by atoms with Gasteiger partial charge in [-0.05, 0) is 45.7 Å². The highest BCUT2D eigenvalue weighted by Gasteiger charge is 2.35. The lowest BCUT2D eigenvalue weighted by atomic mass is 10.1. The van der Waals surface area contributed by atoms with E-state index in [1.54, 1.807) is 20.8 Å². The number of benzene rings is 1. The number of hydrogen-bond donors (Lipinski definition) is 2. The van der Waals surface area contributed by atoms with E-state index in [9.17, 15) is 32.9 Å². The Hall–Kier alpha value is -4.34. The maximum Gasteiger partial charge on any atom is 0.433 e. The predicted molar refractivity (Wildman–Crippen MR) is 138 cm³/mol. The van der Waals surface area contributed by atoms with Gasteiger partial charge < -0.3 is 15.4 Å². The lowest BCUT2D eigenvalue weighted by Crippen LogP contribution is -2.35. The first-order chi connectivity index (χ1) is 18.7. The molecule has 0 radical (unpaired) electrons. The van der Waals surface area contributed by atoms with E-state index in [0.717, 1.165) is 12.3 Å². The van der Waals surface area contributed by atoms with Crippen molar-refractivity contribution in [2.75, 3.05) is 11.4 Å². The summed E-state index contributed by atoms with van der Waals surface area (Å²) in [7, 11) is 0. The van der Waals surface area contributed by atoms with Crippen molar-refractivity contribution in [3.05, 3.63) is 57.5 Å². The van der Waals surface area contributed by atoms with Crippen LogP contribution in [0.1, 0.15) is 50.4 Å². The minimum atomic E-state index is -4.84. The summed E-state index contributed by atoms with van der Waals surface area (Å²) in [6.45, 7) is 5.16. The van der Waals surface area contributed by atoms with E-state index in [-0.39, 0.29) is 23.3 Å². The molecule has 0 aliphatic carbocycles. The SMILES string of the molecule is CC(C)(C)OC(=O)N(c1cc(-c2cnc(C3CCCNC(=O)N3)s2)cc([N+](=O)[O-])c1)c1nccc(C(F)(F)F)n1. The van der Waals surface area contributed by atoms with Crippen LogP contribution in [0.25, 0.3) is 10.4 Å². The van der Waals surface area contributed by atoms with Gasteiger partial charge in [0.25, 0.3) is 5.69 Å². The molecular formula is C24H24F3N7O5S. The highest BCUT2D eigenvalue weighted by Crippen LogP contribution is 2.38. The third-order valence-corrected chi connectivity index (χ3v) is 6.61. The molecule has 1 fully saturated rings. The smallest absolute Gasteiger partial charge is 0.433 e. The Morgan fingerprint density at radius 3 is 2.65 bits per heavy atom. The average Bonchev–Trinajstić information content (AvgIpc) is 3.25. The molecule has 1 aromatic carbocycles. The lowest BCUT2D eigenvalue weighted by Gasteiger charge is -2.26. The first-order valence-corrected chi connectivity index (χ1v) is 12.8. The number of carbonyl (C=O) groups is 2. The van der Waals surface area contributed by atoms with Gasteiger partial charge in [0.05, 0.1) is 21.5 Å². The number of nitro groups is 1. The van der Waals surface area contributed by atoms with Crippen molar-refractivity contribution in [3.8, 4) is 10.4 Å². The van der Waals surface area contributed by atoms with Gasteiger partial charge >= 0.3 is 18.3 Å². The van der Waals surface area contributed by atoms with Crippen LogP contribution in [0.4, 0.5) is 40.1 Å². The number of hydrogen-bond acceptors (Lipinski definition) is 9. The summed E-state index contributed by atoms with van der Waals surface area (Å²) in [4.78, 5) is 49.1. The number of nitrogens with zero attached hydrogens (tertiary/aromatic N) is 5. The Kier molecular flexibility index (Phi) is 7.91. The van der Waals surface area contributed by atoms with E-state index in [1.165, 1.54) is 29.7 Å². The third kappa shape index (κ3) is 6.80. The van der Waals surface area contributed by atoms with Crippen molar-refractivity contribution in [3.63, 3.8) is 0 Å². The van der Waals surface area contributed by atoms with Crippen molar-refractivity contribution >= 4 is 40.8 Å². The fourth-order valence-electron chi connectivity index (χ4n) is 3.75. The zero-order chi connectivity index (χ0) is 29.2. The minimum absolute atomic E-state index is 0.195. The Balaban J connectivity index is 1.82. The van der Waals surface area contributed by atoms with Crippen molar-refractivity contribution < 1.29 is 32.4 Å². The van der Waals surface area contributed by atoms with E-state index in [4.69, 9.17) is 4.74 Å². The molecular weight excluding hydrogens is 555 g/mol. The van der Waals surface area contributed by atoms with Gasteiger partial charge in [-0.25, -0.2) is 29.4 Å². The fourth-order valence-corrected chi connectivity index (χ4v) is 4.74. The summed E-state index contributed by atoms with van der Waals surface area (Å²) in [5, 5.41) is 17.9. The number of carbonyl (C=O) groups excluding carboxylic acids is 2. The topological polar surface area (TPSA) is 152 Å². The summed E-state index contributed by atoms with van der Waals surface area (Å²) >= 11 is 1.17. The summed E-state index contributed by atoms with van der Waals surface area (Å²) < 4.78 is 45.6. The molecule has 40 heavy (non-hydrogen) atoms. The number of aromatic nitrogens is 3. The fraction of sp³-hybridized carbons (Fsp3) is 0.375. The van der Waals surface area contributed by atoms with Crippen LogP contribution < -0.4 is 15.5 Å². The Morgan fingerprint density at radius 2 is 1.98 bits per heavy atom. The molecule has 2 aromatic heterocycles. The zero-order valence-corrected chi connectivity index (χ0v) is 22.3. The maximum atomic E-state index is 13.4. The maximum absolute atomic E-state index is 13.4. The number of rotatable bonds is 5. The van der Waals surface area contributed by atoms with Gasteiger partial charge in [-0.2, -0.15) is 13.2 Å². The second kappa shape index (κ2) is 11.0. The Labute approximate surface area is 229 Å². The largest absolute Gasteiger partial charge is 0.443 e. The lowest BCUT2D eigenvalue weighted by molar-refractivity contribution is -0.384. The van der Waals surface area contributed by atoms with Crippen molar-refractivity contribution in [2.45, 2.75) is 51.4 Å². The van der Waals surface area contributed by atoms with E-state index in [2.05, 4.69) is 25.6 Å². The van der Waals surface area contributed by atoms with Gasteiger partial charge in [0.2, 0.25) is 5.95 Å². The van der Waals surface area contributed by atoms with Crippen molar-refractivity contribution in [1.29, 1.82) is 0 Å². The molecule has 1 atom stereocenters. The van der Waals surface area contributed by atoms with Crippen LogP contribution in [-0.2, 0) is 10.9 Å². The molecule has 0 saturated carbocycles. The second-order valence-electron chi connectivity index (χ2n) is 9.71. The van der Waals surface area contributed by atoms with Gasteiger partial charge in [0.1, 0.15) is 16.3 Å². The minimum Gasteiger partial charge on any atom is -0.443 e. The van der Waals surface area contributed by atoms with Crippen LogP contribution in [0.15, 0.2) is 36.7 Å². The van der Waals surface area contributed by atoms with Crippen molar-refractivity contribution in [1.82, 2.24) is 25.6 Å². The monoisotopic (exact) mass is 579 g/mol. The number of urea groups is 1. The normalized spacial score (nSPS) is 15.9. The molecule has 12 nitrogen and oxygen atoms in total. The zero-order valence-electron chi connectivity index (χ0n) is 21.5. The molecule has 0 bridgehead atoms. The average molecular weight is 580 g/mol. The number of nitrogens with one attached hydrogen (secondary N) is 2. The second-order valence-corrected chi connectivity index (χ2v) is 10.8. The van der Waals surface area contributed by atoms with Crippen LogP contribution in [0, 0.1) is 10.1 Å².